The minimum Gasteiger partial charge on any atom is -0.455 e. The quantitative estimate of drug-likeness (QED) is 0.169. The van der Waals surface area contributed by atoms with Gasteiger partial charge in [-0.2, -0.15) is 0 Å². The van der Waals surface area contributed by atoms with Crippen LogP contribution in [0.3, 0.4) is 0 Å². The number of nitrogens with zero attached hydrogens (tertiary/aromatic N) is 3. The summed E-state index contributed by atoms with van der Waals surface area (Å²) in [6.07, 6.45) is 0. The van der Waals surface area contributed by atoms with Gasteiger partial charge in [-0.25, -0.2) is 15.0 Å². The molecule has 0 aliphatic heterocycles. The maximum atomic E-state index is 6.60. The number of benzene rings is 9. The number of hydrogen-bond acceptors (Lipinski definition) is 5. The van der Waals surface area contributed by atoms with Gasteiger partial charge in [0.05, 0.1) is 11.1 Å². The van der Waals surface area contributed by atoms with Crippen molar-refractivity contribution in [2.75, 3.05) is 0 Å². The lowest BCUT2D eigenvalue weighted by Crippen LogP contribution is -2.03. The van der Waals surface area contributed by atoms with E-state index in [0.717, 1.165) is 88.2 Å². The molecular weight excluding hydrogens is 735 g/mol. The van der Waals surface area contributed by atoms with E-state index >= 15 is 0 Å². The lowest BCUT2D eigenvalue weighted by atomic mass is 9.87. The summed E-state index contributed by atoms with van der Waals surface area (Å²) < 4.78 is 13.2. The van der Waals surface area contributed by atoms with E-state index in [1.54, 1.807) is 0 Å². The summed E-state index contributed by atoms with van der Waals surface area (Å²) in [5.74, 6) is 1.55. The molecule has 3 aromatic heterocycles. The Labute approximate surface area is 344 Å². The highest BCUT2D eigenvalue weighted by atomic mass is 16.3. The molecule has 9 aromatic carbocycles. The second-order valence-electron chi connectivity index (χ2n) is 15.0. The topological polar surface area (TPSA) is 65.0 Å². The normalized spacial score (nSPS) is 11.7. The van der Waals surface area contributed by atoms with Gasteiger partial charge < -0.3 is 8.83 Å². The Balaban J connectivity index is 1.18. The summed E-state index contributed by atoms with van der Waals surface area (Å²) in [7, 11) is 0. The van der Waals surface area contributed by atoms with Crippen LogP contribution in [0.4, 0.5) is 0 Å². The van der Waals surface area contributed by atoms with Crippen LogP contribution in [0.2, 0.25) is 0 Å². The highest BCUT2D eigenvalue weighted by molar-refractivity contribution is 6.11. The third-order valence-electron chi connectivity index (χ3n) is 11.6. The van der Waals surface area contributed by atoms with Crippen LogP contribution < -0.4 is 0 Å². The van der Waals surface area contributed by atoms with Crippen molar-refractivity contribution in [1.29, 1.82) is 0 Å². The molecule has 0 N–H and O–H groups in total. The summed E-state index contributed by atoms with van der Waals surface area (Å²) in [6.45, 7) is 0. The summed E-state index contributed by atoms with van der Waals surface area (Å²) in [5.41, 5.74) is 12.0. The molecule has 280 valence electrons. The average molecular weight is 768 g/mol. The van der Waals surface area contributed by atoms with E-state index in [-0.39, 0.29) is 0 Å². The molecule has 0 aliphatic rings. The maximum Gasteiger partial charge on any atom is 0.167 e. The monoisotopic (exact) mass is 767 g/mol. The van der Waals surface area contributed by atoms with E-state index in [4.69, 9.17) is 23.8 Å². The van der Waals surface area contributed by atoms with Crippen molar-refractivity contribution >= 4 is 54.6 Å². The van der Waals surface area contributed by atoms with Gasteiger partial charge in [0.25, 0.3) is 0 Å². The third-order valence-corrected chi connectivity index (χ3v) is 11.6. The van der Waals surface area contributed by atoms with Crippen molar-refractivity contribution in [2.45, 2.75) is 0 Å². The van der Waals surface area contributed by atoms with Crippen LogP contribution in [0, 0.1) is 0 Å². The van der Waals surface area contributed by atoms with E-state index < -0.39 is 0 Å². The summed E-state index contributed by atoms with van der Waals surface area (Å²) >= 11 is 0. The maximum absolute atomic E-state index is 6.60. The number of hydrogen-bond donors (Lipinski definition) is 0. The Morgan fingerprint density at radius 3 is 1.23 bits per heavy atom. The molecule has 3 heterocycles. The number of fused-ring (bicyclic) bond motifs is 7. The molecule has 0 radical (unpaired) electrons. The van der Waals surface area contributed by atoms with Crippen LogP contribution in [0.25, 0.3) is 122 Å². The molecule has 0 spiro atoms. The molecule has 0 aliphatic carbocycles. The Hall–Kier alpha value is -8.15. The van der Waals surface area contributed by atoms with E-state index in [1.807, 2.05) is 66.7 Å². The van der Waals surface area contributed by atoms with E-state index in [1.165, 1.54) is 16.5 Å². The average Bonchev–Trinajstić information content (AvgIpc) is 3.90. The van der Waals surface area contributed by atoms with Gasteiger partial charge in [0.2, 0.25) is 0 Å². The first-order valence-electron chi connectivity index (χ1n) is 20.1. The zero-order chi connectivity index (χ0) is 39.6. The second kappa shape index (κ2) is 13.8. The van der Waals surface area contributed by atoms with Crippen molar-refractivity contribution in [2.24, 2.45) is 0 Å². The fourth-order valence-corrected chi connectivity index (χ4v) is 8.85. The zero-order valence-electron chi connectivity index (χ0n) is 32.2. The van der Waals surface area contributed by atoms with Crippen LogP contribution in [-0.2, 0) is 0 Å². The highest BCUT2D eigenvalue weighted by Crippen LogP contribution is 2.45. The lowest BCUT2D eigenvalue weighted by molar-refractivity contribution is 0.669. The van der Waals surface area contributed by atoms with Crippen LogP contribution in [0.15, 0.2) is 209 Å². The highest BCUT2D eigenvalue weighted by Gasteiger charge is 2.24. The van der Waals surface area contributed by atoms with Gasteiger partial charge >= 0.3 is 0 Å². The van der Waals surface area contributed by atoms with Crippen LogP contribution >= 0.6 is 0 Å². The number of rotatable bonds is 6. The Bertz CT molecular complexity index is 3470. The van der Waals surface area contributed by atoms with Crippen molar-refractivity contribution < 1.29 is 8.83 Å². The fraction of sp³-hybridized carbons (Fsp3) is 0. The molecule has 0 saturated heterocycles. The lowest BCUT2D eigenvalue weighted by Gasteiger charge is -2.18. The van der Waals surface area contributed by atoms with Gasteiger partial charge in [-0.05, 0) is 68.4 Å². The summed E-state index contributed by atoms with van der Waals surface area (Å²) in [6, 6.07) is 69.3. The largest absolute Gasteiger partial charge is 0.455 e. The molecule has 0 fully saturated rings. The molecule has 12 aromatic rings. The van der Waals surface area contributed by atoms with Crippen molar-refractivity contribution in [3.8, 4) is 67.5 Å². The van der Waals surface area contributed by atoms with Crippen molar-refractivity contribution in [3.63, 3.8) is 0 Å². The first-order chi connectivity index (χ1) is 29.8. The first kappa shape index (κ1) is 33.9. The number of para-hydroxylation sites is 4. The van der Waals surface area contributed by atoms with Gasteiger partial charge in [0, 0.05) is 27.1 Å². The molecule has 0 bridgehead atoms. The minimum atomic E-state index is 0.505. The predicted molar refractivity (Wildman–Crippen MR) is 245 cm³/mol. The number of aromatic nitrogens is 3. The Morgan fingerprint density at radius 2 is 0.650 bits per heavy atom. The minimum absolute atomic E-state index is 0.505. The van der Waals surface area contributed by atoms with Crippen LogP contribution in [-0.4, -0.2) is 15.0 Å². The molecule has 5 nitrogen and oxygen atoms in total. The third kappa shape index (κ3) is 5.44. The Morgan fingerprint density at radius 1 is 0.250 bits per heavy atom. The molecule has 0 unspecified atom stereocenters. The molecule has 12 rings (SSSR count). The van der Waals surface area contributed by atoms with Crippen molar-refractivity contribution in [3.05, 3.63) is 200 Å². The van der Waals surface area contributed by atoms with Crippen molar-refractivity contribution in [1.82, 2.24) is 15.0 Å². The molecule has 0 saturated carbocycles. The molecule has 5 heteroatoms. The molecule has 0 atom stereocenters. The fourth-order valence-electron chi connectivity index (χ4n) is 8.85. The standard InChI is InChI=1S/C55H33N3O2/c1-3-16-34(17-4-1)36-32-33-40(39-21-8-7-20-38(36)39)43-25-13-24-37(35-18-5-2-6-19-35)50(43)55-57-53(46-28-14-26-44-41-22-9-11-30-48(41)59-51(44)46)56-54(58-55)47-29-15-27-45-42-23-10-12-31-49(42)60-52(45)47/h1-33H. The SMILES string of the molecule is c1ccc(-c2cccc(-c3ccc(-c4ccccc4)c4ccccc34)c2-c2nc(-c3cccc4c3oc3ccccc34)nc(-c3cccc4c3oc3ccccc34)n2)cc1. The second-order valence-corrected chi connectivity index (χ2v) is 15.0. The number of furan rings is 2. The summed E-state index contributed by atoms with van der Waals surface area (Å²) in [5, 5.41) is 6.39. The van der Waals surface area contributed by atoms with Crippen LogP contribution in [0.1, 0.15) is 0 Å². The molecule has 60 heavy (non-hydrogen) atoms. The van der Waals surface area contributed by atoms with Gasteiger partial charge in [0.15, 0.2) is 17.5 Å². The van der Waals surface area contributed by atoms with Gasteiger partial charge in [-0.1, -0.05) is 176 Å². The smallest absolute Gasteiger partial charge is 0.167 e. The van der Waals surface area contributed by atoms with E-state index in [2.05, 4.69) is 133 Å². The van der Waals surface area contributed by atoms with Crippen LogP contribution in [0.5, 0.6) is 0 Å². The molecule has 0 amide bonds. The summed E-state index contributed by atoms with van der Waals surface area (Å²) in [4.78, 5) is 16.2. The van der Waals surface area contributed by atoms with E-state index in [0.29, 0.717) is 17.5 Å². The first-order valence-corrected chi connectivity index (χ1v) is 20.1. The Kier molecular flexibility index (Phi) is 7.78. The van der Waals surface area contributed by atoms with Gasteiger partial charge in [-0.3, -0.25) is 0 Å². The van der Waals surface area contributed by atoms with Gasteiger partial charge in [-0.15, -0.1) is 0 Å². The van der Waals surface area contributed by atoms with Gasteiger partial charge in [0.1, 0.15) is 22.3 Å². The zero-order valence-corrected chi connectivity index (χ0v) is 32.2. The molecular formula is C55H33N3O2. The predicted octanol–water partition coefficient (Wildman–Crippen LogP) is 14.8. The van der Waals surface area contributed by atoms with E-state index in [9.17, 15) is 0 Å².